The van der Waals surface area contributed by atoms with Gasteiger partial charge in [0, 0.05) is 12.1 Å². The molecule has 0 amide bonds. The van der Waals surface area contributed by atoms with Crippen LogP contribution in [-0.2, 0) is 9.63 Å². The molecule has 0 unspecified atom stereocenters. The van der Waals surface area contributed by atoms with E-state index in [2.05, 4.69) is 19.2 Å². The Hall–Kier alpha value is -0.610. The molecule has 2 atom stereocenters. The molecule has 0 aromatic rings. The molecule has 0 aromatic heterocycles. The van der Waals surface area contributed by atoms with Crippen molar-refractivity contribution < 1.29 is 9.63 Å². The average Bonchev–Trinajstić information content (AvgIpc) is 1.99. The third kappa shape index (κ3) is 3.80. The van der Waals surface area contributed by atoms with Crippen LogP contribution in [0.2, 0.25) is 0 Å². The summed E-state index contributed by atoms with van der Waals surface area (Å²) in [5.41, 5.74) is -0.433. The summed E-state index contributed by atoms with van der Waals surface area (Å²) in [4.78, 5) is 17.0. The lowest BCUT2D eigenvalue weighted by atomic mass is 9.98. The molecule has 88 valence electrons. The Kier molecular flexibility index (Phi) is 3.73. The molecule has 1 aliphatic heterocycles. The first-order chi connectivity index (χ1) is 6.79. The molecule has 0 bridgehead atoms. The van der Waals surface area contributed by atoms with Gasteiger partial charge >= 0.3 is 5.97 Å². The summed E-state index contributed by atoms with van der Waals surface area (Å²) in [5, 5.41) is 5.15. The van der Waals surface area contributed by atoms with Gasteiger partial charge < -0.3 is 10.2 Å². The van der Waals surface area contributed by atoms with Gasteiger partial charge in [-0.05, 0) is 34.6 Å². The van der Waals surface area contributed by atoms with Gasteiger partial charge in [-0.2, -0.15) is 0 Å². The maximum atomic E-state index is 11.7. The maximum Gasteiger partial charge on any atom is 0.330 e. The van der Waals surface area contributed by atoms with Gasteiger partial charge in [0.1, 0.15) is 0 Å². The second-order valence-electron chi connectivity index (χ2n) is 5.44. The molecule has 1 aliphatic rings. The van der Waals surface area contributed by atoms with Crippen molar-refractivity contribution in [1.29, 1.82) is 0 Å². The van der Waals surface area contributed by atoms with Gasteiger partial charge in [0.05, 0.1) is 18.5 Å². The number of carbonyl (C=O) groups is 1. The maximum absolute atomic E-state index is 11.7. The van der Waals surface area contributed by atoms with Crippen LogP contribution in [0.15, 0.2) is 0 Å². The van der Waals surface area contributed by atoms with Crippen molar-refractivity contribution in [3.8, 4) is 0 Å². The molecule has 0 aliphatic carbocycles. The molecule has 15 heavy (non-hydrogen) atoms. The minimum Gasteiger partial charge on any atom is -0.367 e. The van der Waals surface area contributed by atoms with Crippen LogP contribution in [0.1, 0.15) is 34.6 Å². The van der Waals surface area contributed by atoms with Gasteiger partial charge in [0.25, 0.3) is 0 Å². The zero-order chi connectivity index (χ0) is 11.6. The van der Waals surface area contributed by atoms with Gasteiger partial charge in [0.15, 0.2) is 0 Å². The topological polar surface area (TPSA) is 41.6 Å². The minimum absolute atomic E-state index is 0.163. The highest BCUT2D eigenvalue weighted by atomic mass is 16.7. The standard InChI is InChI=1S/C11H22N2O2/c1-8-6-13(7-9(2)12-8)15-10(14)11(3,4)5/h8-9,12H,6-7H2,1-5H3/t8-,9+. The molecule has 0 spiro atoms. The van der Waals surface area contributed by atoms with Crippen LogP contribution in [0.3, 0.4) is 0 Å². The smallest absolute Gasteiger partial charge is 0.330 e. The number of nitrogens with one attached hydrogen (secondary N) is 1. The van der Waals surface area contributed by atoms with E-state index >= 15 is 0 Å². The summed E-state index contributed by atoms with van der Waals surface area (Å²) >= 11 is 0. The van der Waals surface area contributed by atoms with Crippen molar-refractivity contribution in [3.63, 3.8) is 0 Å². The van der Waals surface area contributed by atoms with Gasteiger partial charge in [-0.15, -0.1) is 5.06 Å². The zero-order valence-electron chi connectivity index (χ0n) is 10.3. The summed E-state index contributed by atoms with van der Waals surface area (Å²) in [7, 11) is 0. The summed E-state index contributed by atoms with van der Waals surface area (Å²) < 4.78 is 0. The second-order valence-corrected chi connectivity index (χ2v) is 5.44. The lowest BCUT2D eigenvalue weighted by Crippen LogP contribution is -2.55. The van der Waals surface area contributed by atoms with Crippen molar-refractivity contribution >= 4 is 5.97 Å². The Morgan fingerprint density at radius 1 is 1.27 bits per heavy atom. The number of rotatable bonds is 1. The van der Waals surface area contributed by atoms with Crippen LogP contribution in [0.25, 0.3) is 0 Å². The highest BCUT2D eigenvalue weighted by molar-refractivity contribution is 5.75. The SMILES string of the molecule is C[C@@H]1CN(OC(=O)C(C)(C)C)C[C@H](C)N1. The summed E-state index contributed by atoms with van der Waals surface area (Å²) in [6.07, 6.45) is 0. The van der Waals surface area contributed by atoms with Crippen LogP contribution >= 0.6 is 0 Å². The van der Waals surface area contributed by atoms with Gasteiger partial charge in [-0.1, -0.05) is 0 Å². The van der Waals surface area contributed by atoms with Crippen molar-refractivity contribution in [2.24, 2.45) is 5.41 Å². The van der Waals surface area contributed by atoms with Crippen LogP contribution in [-0.4, -0.2) is 36.2 Å². The van der Waals surface area contributed by atoms with E-state index in [0.29, 0.717) is 12.1 Å². The minimum atomic E-state index is -0.433. The largest absolute Gasteiger partial charge is 0.367 e. The van der Waals surface area contributed by atoms with Crippen LogP contribution in [0.5, 0.6) is 0 Å². The molecule has 1 N–H and O–H groups in total. The number of hydrogen-bond donors (Lipinski definition) is 1. The number of piperazine rings is 1. The number of hydrogen-bond acceptors (Lipinski definition) is 4. The first-order valence-electron chi connectivity index (χ1n) is 5.52. The molecule has 0 aromatic carbocycles. The molecule has 1 heterocycles. The summed E-state index contributed by atoms with van der Waals surface area (Å²) in [6.45, 7) is 11.3. The molecular formula is C11H22N2O2. The van der Waals surface area contributed by atoms with E-state index in [1.54, 1.807) is 5.06 Å². The highest BCUT2D eigenvalue weighted by Crippen LogP contribution is 2.17. The summed E-state index contributed by atoms with van der Waals surface area (Å²) in [6, 6.07) is 0.725. The third-order valence-electron chi connectivity index (χ3n) is 2.35. The molecular weight excluding hydrogens is 192 g/mol. The fourth-order valence-corrected chi connectivity index (χ4v) is 1.61. The van der Waals surface area contributed by atoms with Crippen molar-refractivity contribution in [3.05, 3.63) is 0 Å². The monoisotopic (exact) mass is 214 g/mol. The van der Waals surface area contributed by atoms with Crippen LogP contribution in [0, 0.1) is 5.41 Å². The Bertz CT molecular complexity index is 225. The van der Waals surface area contributed by atoms with Crippen molar-refractivity contribution in [1.82, 2.24) is 10.4 Å². The average molecular weight is 214 g/mol. The summed E-state index contributed by atoms with van der Waals surface area (Å²) in [5.74, 6) is -0.163. The lowest BCUT2D eigenvalue weighted by Gasteiger charge is -2.35. The molecule has 4 nitrogen and oxygen atoms in total. The fourth-order valence-electron chi connectivity index (χ4n) is 1.61. The van der Waals surface area contributed by atoms with Crippen LogP contribution in [0.4, 0.5) is 0 Å². The van der Waals surface area contributed by atoms with Gasteiger partial charge in [0.2, 0.25) is 0 Å². The molecule has 1 rings (SSSR count). The Balaban J connectivity index is 2.48. The first-order valence-corrected chi connectivity index (χ1v) is 5.52. The van der Waals surface area contributed by atoms with E-state index in [0.717, 1.165) is 13.1 Å². The normalized spacial score (nSPS) is 28.9. The first kappa shape index (κ1) is 12.5. The molecule has 0 radical (unpaired) electrons. The Labute approximate surface area is 91.9 Å². The van der Waals surface area contributed by atoms with E-state index in [1.807, 2.05) is 20.8 Å². The van der Waals surface area contributed by atoms with Gasteiger partial charge in [-0.3, -0.25) is 0 Å². The third-order valence-corrected chi connectivity index (χ3v) is 2.35. The van der Waals surface area contributed by atoms with E-state index in [1.165, 1.54) is 0 Å². The quantitative estimate of drug-likeness (QED) is 0.711. The van der Waals surface area contributed by atoms with E-state index in [-0.39, 0.29) is 5.97 Å². The van der Waals surface area contributed by atoms with E-state index in [4.69, 9.17) is 4.84 Å². The molecule has 0 saturated carbocycles. The zero-order valence-corrected chi connectivity index (χ0v) is 10.3. The van der Waals surface area contributed by atoms with Crippen molar-refractivity contribution in [2.45, 2.75) is 46.7 Å². The van der Waals surface area contributed by atoms with Crippen LogP contribution < -0.4 is 5.32 Å². The predicted octanol–water partition coefficient (Wildman–Crippen LogP) is 1.17. The predicted molar refractivity (Wildman–Crippen MR) is 59.2 cm³/mol. The van der Waals surface area contributed by atoms with E-state index in [9.17, 15) is 4.79 Å². The Morgan fingerprint density at radius 3 is 2.13 bits per heavy atom. The second kappa shape index (κ2) is 4.49. The number of hydroxylamine groups is 2. The molecule has 4 heteroatoms. The lowest BCUT2D eigenvalue weighted by molar-refractivity contribution is -0.207. The van der Waals surface area contributed by atoms with E-state index < -0.39 is 5.41 Å². The van der Waals surface area contributed by atoms with Gasteiger partial charge in [-0.25, -0.2) is 4.79 Å². The van der Waals surface area contributed by atoms with Crippen molar-refractivity contribution in [2.75, 3.05) is 13.1 Å². The number of carbonyl (C=O) groups excluding carboxylic acids is 1. The highest BCUT2D eigenvalue weighted by Gasteiger charge is 2.29. The molecule has 1 fully saturated rings. The Morgan fingerprint density at radius 2 is 1.73 bits per heavy atom. The number of nitrogens with zero attached hydrogens (tertiary/aromatic N) is 1. The fraction of sp³-hybridized carbons (Fsp3) is 0.909. The molecule has 1 saturated heterocycles.